The Kier molecular flexibility index (Phi) is 5.07. The molecule has 16 heavy (non-hydrogen) atoms. The van der Waals surface area contributed by atoms with E-state index in [1.165, 1.54) is 32.1 Å². The Morgan fingerprint density at radius 1 is 1.31 bits per heavy atom. The monoisotopic (exact) mass is 227 g/mol. The van der Waals surface area contributed by atoms with Crippen LogP contribution in [0.1, 0.15) is 39.0 Å². The molecule has 3 heteroatoms. The van der Waals surface area contributed by atoms with Gasteiger partial charge in [0.15, 0.2) is 0 Å². The van der Waals surface area contributed by atoms with Crippen LogP contribution in [0.15, 0.2) is 0 Å². The molecule has 1 saturated heterocycles. The van der Waals surface area contributed by atoms with Gasteiger partial charge in [-0.25, -0.2) is 0 Å². The van der Waals surface area contributed by atoms with E-state index in [0.717, 1.165) is 26.4 Å². The number of rotatable bonds is 6. The highest BCUT2D eigenvalue weighted by atomic mass is 16.5. The van der Waals surface area contributed by atoms with E-state index in [0.29, 0.717) is 18.1 Å². The summed E-state index contributed by atoms with van der Waals surface area (Å²) in [6.07, 6.45) is 6.95. The summed E-state index contributed by atoms with van der Waals surface area (Å²) < 4.78 is 11.5. The van der Waals surface area contributed by atoms with E-state index in [1.54, 1.807) is 0 Å². The number of hydrogen-bond acceptors (Lipinski definition) is 3. The molecule has 0 spiro atoms. The van der Waals surface area contributed by atoms with Crippen molar-refractivity contribution >= 4 is 0 Å². The summed E-state index contributed by atoms with van der Waals surface area (Å²) >= 11 is 0. The Morgan fingerprint density at radius 3 is 2.75 bits per heavy atom. The maximum Gasteiger partial charge on any atom is 0.0626 e. The van der Waals surface area contributed by atoms with Crippen molar-refractivity contribution in [2.75, 3.05) is 26.4 Å². The molecule has 2 fully saturated rings. The van der Waals surface area contributed by atoms with Crippen LogP contribution < -0.4 is 5.32 Å². The second kappa shape index (κ2) is 6.58. The molecule has 1 heterocycles. The van der Waals surface area contributed by atoms with E-state index >= 15 is 0 Å². The molecule has 0 aromatic rings. The molecule has 2 rings (SSSR count). The smallest absolute Gasteiger partial charge is 0.0626 e. The highest BCUT2D eigenvalue weighted by molar-refractivity contribution is 4.80. The van der Waals surface area contributed by atoms with Crippen molar-refractivity contribution in [2.24, 2.45) is 5.92 Å². The van der Waals surface area contributed by atoms with Crippen molar-refractivity contribution in [1.29, 1.82) is 0 Å². The van der Waals surface area contributed by atoms with E-state index < -0.39 is 0 Å². The van der Waals surface area contributed by atoms with E-state index in [4.69, 9.17) is 9.47 Å². The van der Waals surface area contributed by atoms with Gasteiger partial charge in [-0.3, -0.25) is 0 Å². The minimum Gasteiger partial charge on any atom is -0.381 e. The lowest BCUT2D eigenvalue weighted by Crippen LogP contribution is -2.41. The molecule has 1 N–H and O–H groups in total. The van der Waals surface area contributed by atoms with Gasteiger partial charge in [0.05, 0.1) is 19.3 Å². The molecule has 1 saturated carbocycles. The van der Waals surface area contributed by atoms with Crippen LogP contribution >= 0.6 is 0 Å². The topological polar surface area (TPSA) is 30.5 Å². The third-order valence-electron chi connectivity index (χ3n) is 3.81. The SMILES string of the molecule is CCNC(COC1CCCC1)C1CCOC1. The largest absolute Gasteiger partial charge is 0.381 e. The minimum absolute atomic E-state index is 0.494. The van der Waals surface area contributed by atoms with Gasteiger partial charge >= 0.3 is 0 Å². The predicted octanol–water partition coefficient (Wildman–Crippen LogP) is 1.96. The lowest BCUT2D eigenvalue weighted by atomic mass is 10.00. The third-order valence-corrected chi connectivity index (χ3v) is 3.81. The Labute approximate surface area is 98.9 Å². The van der Waals surface area contributed by atoms with E-state index in [-0.39, 0.29) is 0 Å². The first-order valence-electron chi connectivity index (χ1n) is 6.83. The van der Waals surface area contributed by atoms with Gasteiger partial charge in [0, 0.05) is 18.6 Å². The minimum atomic E-state index is 0.494. The van der Waals surface area contributed by atoms with Gasteiger partial charge in [-0.05, 0) is 25.8 Å². The molecule has 3 nitrogen and oxygen atoms in total. The molecule has 2 aliphatic rings. The van der Waals surface area contributed by atoms with Crippen LogP contribution in [0, 0.1) is 5.92 Å². The van der Waals surface area contributed by atoms with Gasteiger partial charge in [-0.1, -0.05) is 19.8 Å². The summed E-state index contributed by atoms with van der Waals surface area (Å²) in [5.74, 6) is 0.654. The van der Waals surface area contributed by atoms with Gasteiger partial charge in [0.1, 0.15) is 0 Å². The Bertz CT molecular complexity index is 186. The highest BCUT2D eigenvalue weighted by Crippen LogP contribution is 2.23. The summed E-state index contributed by atoms with van der Waals surface area (Å²) in [7, 11) is 0. The third kappa shape index (κ3) is 3.44. The normalized spacial score (nSPS) is 28.7. The number of likely N-dealkylation sites (N-methyl/N-ethyl adjacent to an activating group) is 1. The van der Waals surface area contributed by atoms with E-state index in [2.05, 4.69) is 12.2 Å². The van der Waals surface area contributed by atoms with Gasteiger partial charge < -0.3 is 14.8 Å². The van der Waals surface area contributed by atoms with Crippen LogP contribution in [-0.2, 0) is 9.47 Å². The summed E-state index contributed by atoms with van der Waals surface area (Å²) in [5, 5.41) is 3.54. The molecule has 2 unspecified atom stereocenters. The van der Waals surface area contributed by atoms with Crippen LogP contribution in [0.3, 0.4) is 0 Å². The zero-order valence-corrected chi connectivity index (χ0v) is 10.4. The predicted molar refractivity (Wildman–Crippen MR) is 64.6 cm³/mol. The summed E-state index contributed by atoms with van der Waals surface area (Å²) in [4.78, 5) is 0. The van der Waals surface area contributed by atoms with Crippen LogP contribution in [0.25, 0.3) is 0 Å². The van der Waals surface area contributed by atoms with Crippen molar-refractivity contribution in [3.63, 3.8) is 0 Å². The average Bonchev–Trinajstić information content (AvgIpc) is 2.96. The van der Waals surface area contributed by atoms with Crippen LogP contribution in [0.2, 0.25) is 0 Å². The van der Waals surface area contributed by atoms with E-state index in [9.17, 15) is 0 Å². The molecule has 1 aliphatic heterocycles. The van der Waals surface area contributed by atoms with Gasteiger partial charge in [0.25, 0.3) is 0 Å². The molecule has 0 bridgehead atoms. The summed E-state index contributed by atoms with van der Waals surface area (Å²) in [6.45, 7) is 5.89. The quantitative estimate of drug-likeness (QED) is 0.752. The van der Waals surface area contributed by atoms with Crippen molar-refractivity contribution < 1.29 is 9.47 Å². The molecule has 2 atom stereocenters. The zero-order chi connectivity index (χ0) is 11.2. The zero-order valence-electron chi connectivity index (χ0n) is 10.4. The van der Waals surface area contributed by atoms with Crippen molar-refractivity contribution in [3.05, 3.63) is 0 Å². The molecule has 0 amide bonds. The van der Waals surface area contributed by atoms with Crippen molar-refractivity contribution in [2.45, 2.75) is 51.2 Å². The standard InChI is InChI=1S/C13H25NO2/c1-2-14-13(11-7-8-15-9-11)10-16-12-5-3-4-6-12/h11-14H,2-10H2,1H3. The van der Waals surface area contributed by atoms with Crippen LogP contribution in [0.4, 0.5) is 0 Å². The fourth-order valence-corrected chi connectivity index (χ4v) is 2.79. The lowest BCUT2D eigenvalue weighted by Gasteiger charge is -2.24. The molecule has 0 aromatic carbocycles. The first kappa shape index (κ1) is 12.3. The second-order valence-electron chi connectivity index (χ2n) is 5.03. The molecule has 0 radical (unpaired) electrons. The Balaban J connectivity index is 1.72. The first-order chi connectivity index (χ1) is 7.90. The molecule has 94 valence electrons. The number of nitrogens with one attached hydrogen (secondary N) is 1. The van der Waals surface area contributed by atoms with E-state index in [1.807, 2.05) is 0 Å². The summed E-state index contributed by atoms with van der Waals surface area (Å²) in [6, 6.07) is 0.494. The number of hydrogen-bond donors (Lipinski definition) is 1. The van der Waals surface area contributed by atoms with Crippen LogP contribution in [-0.4, -0.2) is 38.5 Å². The maximum absolute atomic E-state index is 6.01. The van der Waals surface area contributed by atoms with Crippen molar-refractivity contribution in [1.82, 2.24) is 5.32 Å². The van der Waals surface area contributed by atoms with Gasteiger partial charge in [0.2, 0.25) is 0 Å². The second-order valence-corrected chi connectivity index (χ2v) is 5.03. The van der Waals surface area contributed by atoms with Crippen molar-refractivity contribution in [3.8, 4) is 0 Å². The Hall–Kier alpha value is -0.120. The number of ether oxygens (including phenoxy) is 2. The first-order valence-corrected chi connectivity index (χ1v) is 6.83. The fourth-order valence-electron chi connectivity index (χ4n) is 2.79. The average molecular weight is 227 g/mol. The maximum atomic E-state index is 6.01. The summed E-state index contributed by atoms with van der Waals surface area (Å²) in [5.41, 5.74) is 0. The lowest BCUT2D eigenvalue weighted by molar-refractivity contribution is 0.0301. The molecule has 0 aromatic heterocycles. The van der Waals surface area contributed by atoms with Gasteiger partial charge in [-0.15, -0.1) is 0 Å². The van der Waals surface area contributed by atoms with Gasteiger partial charge in [-0.2, -0.15) is 0 Å². The van der Waals surface area contributed by atoms with Crippen LogP contribution in [0.5, 0.6) is 0 Å². The molecular formula is C13H25NO2. The highest BCUT2D eigenvalue weighted by Gasteiger charge is 2.26. The molecule has 1 aliphatic carbocycles. The molecular weight excluding hydrogens is 202 g/mol. The fraction of sp³-hybridized carbons (Fsp3) is 1.00. The Morgan fingerprint density at radius 2 is 2.12 bits per heavy atom.